The van der Waals surface area contributed by atoms with Crippen molar-refractivity contribution < 1.29 is 0 Å². The van der Waals surface area contributed by atoms with Gasteiger partial charge in [0.15, 0.2) is 8.67 Å². The van der Waals surface area contributed by atoms with E-state index in [9.17, 15) is 0 Å². The third-order valence-electron chi connectivity index (χ3n) is 8.34. The zero-order valence-corrected chi connectivity index (χ0v) is 28.5. The first-order valence-corrected chi connectivity index (χ1v) is 15.8. The number of benzene rings is 1. The maximum absolute atomic E-state index is 7.28. The molecule has 196 valence electrons. The van der Waals surface area contributed by atoms with Gasteiger partial charge in [-0.3, -0.25) is 0 Å². The van der Waals surface area contributed by atoms with Crippen LogP contribution in [0.3, 0.4) is 0 Å². The predicted octanol–water partition coefficient (Wildman–Crippen LogP) is 12.4. The summed E-state index contributed by atoms with van der Waals surface area (Å²) in [5.74, 6) is -3.84. The molecule has 5 aliphatic carbocycles. The van der Waals surface area contributed by atoms with Crippen molar-refractivity contribution in [3.63, 3.8) is 0 Å². The van der Waals surface area contributed by atoms with Crippen LogP contribution in [0.5, 0.6) is 0 Å². The van der Waals surface area contributed by atoms with Gasteiger partial charge in [0.1, 0.15) is 19.5 Å². The summed E-state index contributed by atoms with van der Waals surface area (Å²) in [5.41, 5.74) is 0.593. The van der Waals surface area contributed by atoms with Crippen molar-refractivity contribution in [2.45, 2.75) is 40.0 Å². The molecular formula is C20H4Cl16. The molecule has 1 aromatic carbocycles. The van der Waals surface area contributed by atoms with Gasteiger partial charge in [-0.15, -0.1) is 46.4 Å². The van der Waals surface area contributed by atoms with Crippen LogP contribution in [0.15, 0.2) is 20.1 Å². The number of hydrogen-bond donors (Lipinski definition) is 0. The van der Waals surface area contributed by atoms with Gasteiger partial charge in [-0.25, -0.2) is 0 Å². The number of hydrogen-bond acceptors (Lipinski definition) is 0. The Bertz CT molecular complexity index is 1280. The molecule has 0 amide bonds. The van der Waals surface area contributed by atoms with Crippen molar-refractivity contribution >= 4 is 186 Å². The van der Waals surface area contributed by atoms with Gasteiger partial charge in [0.05, 0.1) is 40.2 Å². The zero-order chi connectivity index (χ0) is 27.1. The van der Waals surface area contributed by atoms with Crippen molar-refractivity contribution in [1.29, 1.82) is 0 Å². The van der Waals surface area contributed by atoms with Crippen molar-refractivity contribution in [2.24, 2.45) is 11.8 Å². The molecule has 1 aromatic rings. The van der Waals surface area contributed by atoms with Gasteiger partial charge >= 0.3 is 0 Å². The Morgan fingerprint density at radius 2 is 0.611 bits per heavy atom. The van der Waals surface area contributed by atoms with E-state index >= 15 is 0 Å². The number of halogens is 16. The molecular weight excluding hydrogens is 807 g/mol. The maximum atomic E-state index is 7.28. The first kappa shape index (κ1) is 29.4. The lowest BCUT2D eigenvalue weighted by molar-refractivity contribution is 0.201. The van der Waals surface area contributed by atoms with Gasteiger partial charge in [-0.1, -0.05) is 139 Å². The Hall–Kier alpha value is 3.34. The normalized spacial score (nSPS) is 47.0. The van der Waals surface area contributed by atoms with Gasteiger partial charge in [0, 0.05) is 23.7 Å². The van der Waals surface area contributed by atoms with E-state index in [1.54, 1.807) is 0 Å². The highest BCUT2D eigenvalue weighted by Gasteiger charge is 2.92. The second kappa shape index (κ2) is 8.08. The fraction of sp³-hybridized carbons (Fsp3) is 0.500. The molecule has 0 radical (unpaired) electrons. The largest absolute Gasteiger partial charge is 0.167 e. The average molecular weight is 811 g/mol. The minimum Gasteiger partial charge on any atom is -0.109 e. The van der Waals surface area contributed by atoms with Crippen LogP contribution < -0.4 is 0 Å². The minimum absolute atomic E-state index is 0.000290. The molecule has 0 aliphatic heterocycles. The molecule has 5 aliphatic rings. The Kier molecular flexibility index (Phi) is 6.60. The zero-order valence-electron chi connectivity index (χ0n) is 16.4. The number of allylic oxidation sites excluding steroid dienone is 4. The highest BCUT2D eigenvalue weighted by atomic mass is 35.5. The van der Waals surface area contributed by atoms with Gasteiger partial charge in [0.25, 0.3) is 0 Å². The molecule has 2 saturated carbocycles. The summed E-state index contributed by atoms with van der Waals surface area (Å²) in [6.07, 6.45) is 0. The van der Waals surface area contributed by atoms with E-state index in [-0.39, 0.29) is 40.2 Å². The van der Waals surface area contributed by atoms with Crippen molar-refractivity contribution in [3.05, 3.63) is 51.3 Å². The lowest BCUT2D eigenvalue weighted by atomic mass is 9.57. The van der Waals surface area contributed by atoms with Crippen molar-refractivity contribution in [3.8, 4) is 0 Å². The Labute approximate surface area is 285 Å². The minimum atomic E-state index is -2.00. The lowest BCUT2D eigenvalue weighted by Gasteiger charge is -2.53. The summed E-state index contributed by atoms with van der Waals surface area (Å²) >= 11 is 110. The first-order chi connectivity index (χ1) is 16.3. The molecule has 0 aromatic heterocycles. The number of alkyl halides is 8. The predicted molar refractivity (Wildman–Crippen MR) is 160 cm³/mol. The van der Waals surface area contributed by atoms with Gasteiger partial charge < -0.3 is 0 Å². The van der Waals surface area contributed by atoms with Crippen LogP contribution in [0.2, 0.25) is 20.1 Å². The second-order valence-electron chi connectivity index (χ2n) is 9.34. The van der Waals surface area contributed by atoms with Crippen LogP contribution >= 0.6 is 186 Å². The smallest absolute Gasteiger partial charge is 0.109 e. The SMILES string of the molecule is ClC1=C(Cl)[C@]2(Cl)[C@@H]3[C@H]4[C@@H](c5c(Cl)c(Cl)c(Cl)c(Cl)c5[C@H]3[C@@]1(Cl)C2(Cl)Cl)[C@@]1(Cl)C(Cl)=C(Cl)[C@]4(Cl)C1(Cl)Cl. The molecule has 0 nitrogen and oxygen atoms in total. The van der Waals surface area contributed by atoms with Crippen LogP contribution in [-0.2, 0) is 0 Å². The Morgan fingerprint density at radius 3 is 0.889 bits per heavy atom. The summed E-state index contributed by atoms with van der Waals surface area (Å²) < 4.78 is -4.01. The van der Waals surface area contributed by atoms with Crippen LogP contribution in [0.25, 0.3) is 0 Å². The molecule has 0 spiro atoms. The molecule has 6 rings (SSSR count). The molecule has 0 saturated heterocycles. The summed E-state index contributed by atoms with van der Waals surface area (Å²) in [6.45, 7) is 0. The Balaban J connectivity index is 1.86. The van der Waals surface area contributed by atoms with Gasteiger partial charge in [-0.2, -0.15) is 0 Å². The molecule has 2 fully saturated rings. The van der Waals surface area contributed by atoms with Gasteiger partial charge in [0.2, 0.25) is 0 Å². The van der Waals surface area contributed by atoms with Crippen LogP contribution in [0.4, 0.5) is 0 Å². The van der Waals surface area contributed by atoms with E-state index in [2.05, 4.69) is 0 Å². The maximum Gasteiger partial charge on any atom is 0.167 e. The monoisotopic (exact) mass is 804 g/mol. The van der Waals surface area contributed by atoms with E-state index in [0.717, 1.165) is 0 Å². The lowest BCUT2D eigenvalue weighted by Crippen LogP contribution is -2.53. The van der Waals surface area contributed by atoms with E-state index < -0.39 is 51.8 Å². The molecule has 4 bridgehead atoms. The van der Waals surface area contributed by atoms with E-state index in [4.69, 9.17) is 186 Å². The summed E-state index contributed by atoms with van der Waals surface area (Å²) in [5, 5.41) is -0.425. The molecule has 0 heterocycles. The van der Waals surface area contributed by atoms with E-state index in [0.29, 0.717) is 11.1 Å². The molecule has 0 N–H and O–H groups in total. The summed E-state index contributed by atoms with van der Waals surface area (Å²) in [7, 11) is 0. The Morgan fingerprint density at radius 1 is 0.361 bits per heavy atom. The quantitative estimate of drug-likeness (QED) is 0.139. The van der Waals surface area contributed by atoms with E-state index in [1.807, 2.05) is 0 Å². The molecule has 8 atom stereocenters. The number of rotatable bonds is 0. The van der Waals surface area contributed by atoms with Crippen molar-refractivity contribution in [2.75, 3.05) is 0 Å². The van der Waals surface area contributed by atoms with Crippen LogP contribution in [-0.4, -0.2) is 28.2 Å². The van der Waals surface area contributed by atoms with E-state index in [1.165, 1.54) is 0 Å². The van der Waals surface area contributed by atoms with Crippen LogP contribution in [0, 0.1) is 11.8 Å². The van der Waals surface area contributed by atoms with Crippen LogP contribution in [0.1, 0.15) is 23.0 Å². The standard InChI is InChI=1S/C20H4Cl16/c21-7-1-2(8(22)10(24)9(7)23)4-6(18(32)14(28)12(26)16(4,30)20(18,35)36)5-3(1)15(29)11(25)13(27)17(5,31)19(15,33)34/h3-6H/t3-,4-,5-,6+,15-,16+,17+,18-/m1/s1. The molecule has 16 heteroatoms. The summed E-state index contributed by atoms with van der Waals surface area (Å²) in [6, 6.07) is 0. The highest BCUT2D eigenvalue weighted by molar-refractivity contribution is 6.68. The molecule has 36 heavy (non-hydrogen) atoms. The third-order valence-corrected chi connectivity index (χ3v) is 18.7. The second-order valence-corrected chi connectivity index (χ2v) is 17.4. The summed E-state index contributed by atoms with van der Waals surface area (Å²) in [4.78, 5) is -7.28. The topological polar surface area (TPSA) is 0 Å². The fourth-order valence-corrected chi connectivity index (χ4v) is 14.2. The molecule has 0 unspecified atom stereocenters. The highest BCUT2D eigenvalue weighted by Crippen LogP contribution is 2.89. The van der Waals surface area contributed by atoms with Gasteiger partial charge in [-0.05, 0) is 11.1 Å². The first-order valence-electron chi connectivity index (χ1n) is 9.76. The van der Waals surface area contributed by atoms with Crippen molar-refractivity contribution in [1.82, 2.24) is 0 Å². The third kappa shape index (κ3) is 2.54. The average Bonchev–Trinajstić information content (AvgIpc) is 3.15. The number of fused-ring (bicyclic) bond motifs is 14. The fourth-order valence-electron chi connectivity index (χ4n) is 6.99.